The maximum absolute atomic E-state index is 12.4. The molecule has 0 spiro atoms. The number of anilines is 1. The number of carbonyl (C=O) groups excluding carboxylic acids is 1. The van der Waals surface area contributed by atoms with Crippen LogP contribution in [0.5, 0.6) is 0 Å². The molecule has 0 radical (unpaired) electrons. The molecule has 8 nitrogen and oxygen atoms in total. The van der Waals surface area contributed by atoms with E-state index in [2.05, 4.69) is 5.43 Å². The Hall–Kier alpha value is -2.19. The molecule has 0 aliphatic carbocycles. The van der Waals surface area contributed by atoms with Crippen molar-refractivity contribution in [3.63, 3.8) is 0 Å². The van der Waals surface area contributed by atoms with Gasteiger partial charge in [-0.25, -0.2) is 0 Å². The molecule has 20 heavy (non-hydrogen) atoms. The third-order valence-electron chi connectivity index (χ3n) is 3.37. The van der Waals surface area contributed by atoms with Crippen molar-refractivity contribution in [1.29, 1.82) is 0 Å². The van der Waals surface area contributed by atoms with Crippen molar-refractivity contribution in [3.05, 3.63) is 33.9 Å². The summed E-state index contributed by atoms with van der Waals surface area (Å²) in [6, 6.07) is 3.96. The number of nitro benzene ring substituents is 1. The lowest BCUT2D eigenvalue weighted by atomic mass is 10.1. The molecule has 2 rings (SSSR count). The first-order valence-corrected chi connectivity index (χ1v) is 6.14. The molecule has 1 fully saturated rings. The average Bonchev–Trinajstić information content (AvgIpc) is 2.94. The minimum Gasteiger partial charge on any atom is -0.380 e. The fourth-order valence-electron chi connectivity index (χ4n) is 2.22. The van der Waals surface area contributed by atoms with Crippen molar-refractivity contribution >= 4 is 17.3 Å². The number of nitrogen functional groups attached to an aromatic ring is 1. The Kier molecular flexibility index (Phi) is 4.16. The van der Waals surface area contributed by atoms with Crippen LogP contribution in [0.2, 0.25) is 0 Å². The molecular formula is C12H16N4O4. The van der Waals surface area contributed by atoms with Crippen LogP contribution in [0.4, 0.5) is 11.4 Å². The molecule has 108 valence electrons. The Morgan fingerprint density at radius 1 is 1.60 bits per heavy atom. The number of nitrogens with zero attached hydrogens (tertiary/aromatic N) is 2. The highest BCUT2D eigenvalue weighted by molar-refractivity contribution is 6.00. The molecule has 1 atom stereocenters. The number of nitro groups is 1. The number of ether oxygens (including phenoxy) is 1. The summed E-state index contributed by atoms with van der Waals surface area (Å²) in [5.41, 5.74) is 2.80. The quantitative estimate of drug-likeness (QED) is 0.478. The molecule has 1 saturated heterocycles. The molecular weight excluding hydrogens is 264 g/mol. The first-order chi connectivity index (χ1) is 9.56. The Bertz CT molecular complexity index is 534. The molecule has 1 amide bonds. The zero-order chi connectivity index (χ0) is 14.7. The van der Waals surface area contributed by atoms with Crippen LogP contribution in [0.15, 0.2) is 18.2 Å². The third kappa shape index (κ3) is 2.70. The van der Waals surface area contributed by atoms with Gasteiger partial charge in [0, 0.05) is 32.3 Å². The Morgan fingerprint density at radius 3 is 2.90 bits per heavy atom. The molecule has 8 heteroatoms. The van der Waals surface area contributed by atoms with Gasteiger partial charge in [-0.1, -0.05) is 0 Å². The largest absolute Gasteiger partial charge is 0.380 e. The van der Waals surface area contributed by atoms with Gasteiger partial charge in [-0.3, -0.25) is 20.8 Å². The minimum absolute atomic E-state index is 0.00642. The van der Waals surface area contributed by atoms with E-state index in [-0.39, 0.29) is 23.3 Å². The molecule has 0 bridgehead atoms. The molecule has 1 aliphatic rings. The highest BCUT2D eigenvalue weighted by atomic mass is 16.6. The van der Waals surface area contributed by atoms with E-state index in [0.29, 0.717) is 18.8 Å². The summed E-state index contributed by atoms with van der Waals surface area (Å²) in [4.78, 5) is 24.3. The number of non-ortho nitro benzene ring substituents is 1. The highest BCUT2D eigenvalue weighted by Gasteiger charge is 2.28. The number of rotatable bonds is 4. The second-order valence-corrected chi connectivity index (χ2v) is 4.53. The van der Waals surface area contributed by atoms with E-state index in [1.807, 2.05) is 0 Å². The highest BCUT2D eigenvalue weighted by Crippen LogP contribution is 2.24. The molecule has 1 heterocycles. The van der Waals surface area contributed by atoms with Crippen molar-refractivity contribution < 1.29 is 14.5 Å². The molecule has 1 aromatic carbocycles. The van der Waals surface area contributed by atoms with Gasteiger partial charge in [0.1, 0.15) is 0 Å². The van der Waals surface area contributed by atoms with Gasteiger partial charge in [-0.05, 0) is 12.5 Å². The zero-order valence-electron chi connectivity index (χ0n) is 11.0. The van der Waals surface area contributed by atoms with Gasteiger partial charge in [0.25, 0.3) is 11.6 Å². The van der Waals surface area contributed by atoms with Gasteiger partial charge in [0.15, 0.2) is 0 Å². The number of nitrogens with two attached hydrogens (primary N) is 1. The van der Waals surface area contributed by atoms with Crippen LogP contribution >= 0.6 is 0 Å². The number of methoxy groups -OCH3 is 1. The second kappa shape index (κ2) is 5.85. The number of benzene rings is 1. The fourth-order valence-corrected chi connectivity index (χ4v) is 2.22. The number of hydrogen-bond donors (Lipinski definition) is 2. The summed E-state index contributed by atoms with van der Waals surface area (Å²) in [5.74, 6) is 5.06. The minimum atomic E-state index is -0.543. The van der Waals surface area contributed by atoms with Gasteiger partial charge >= 0.3 is 0 Å². The van der Waals surface area contributed by atoms with Gasteiger partial charge in [0.2, 0.25) is 0 Å². The predicted octanol–water partition coefficient (Wildman–Crippen LogP) is 0.741. The van der Waals surface area contributed by atoms with E-state index in [4.69, 9.17) is 10.6 Å². The monoisotopic (exact) mass is 280 g/mol. The molecule has 1 aromatic rings. The molecule has 0 saturated carbocycles. The van der Waals surface area contributed by atoms with Gasteiger partial charge in [-0.2, -0.15) is 0 Å². The van der Waals surface area contributed by atoms with E-state index in [1.54, 1.807) is 12.0 Å². The first-order valence-electron chi connectivity index (χ1n) is 6.14. The Balaban J connectivity index is 2.28. The van der Waals surface area contributed by atoms with Crippen LogP contribution in [0.25, 0.3) is 0 Å². The summed E-state index contributed by atoms with van der Waals surface area (Å²) in [5, 5.41) is 10.8. The zero-order valence-corrected chi connectivity index (χ0v) is 11.0. The number of carbonyl (C=O) groups is 1. The topological polar surface area (TPSA) is 111 Å². The Morgan fingerprint density at radius 2 is 2.35 bits per heavy atom. The lowest BCUT2D eigenvalue weighted by molar-refractivity contribution is -0.384. The first kappa shape index (κ1) is 14.2. The number of nitrogens with one attached hydrogen (secondary N) is 1. The SMILES string of the molecule is COC1CCN(C(=O)c2cc([N+](=O)[O-])ccc2NN)C1. The number of hydrogen-bond acceptors (Lipinski definition) is 6. The van der Waals surface area contributed by atoms with Crippen LogP contribution in [0.3, 0.4) is 0 Å². The maximum atomic E-state index is 12.4. The summed E-state index contributed by atoms with van der Waals surface area (Å²) < 4.78 is 5.20. The van der Waals surface area contributed by atoms with Crippen molar-refractivity contribution in [2.75, 3.05) is 25.6 Å². The third-order valence-corrected chi connectivity index (χ3v) is 3.37. The average molecular weight is 280 g/mol. The van der Waals surface area contributed by atoms with Crippen molar-refractivity contribution in [2.45, 2.75) is 12.5 Å². The van der Waals surface area contributed by atoms with Gasteiger partial charge in [0.05, 0.1) is 22.3 Å². The van der Waals surface area contributed by atoms with Crippen molar-refractivity contribution in [2.24, 2.45) is 5.84 Å². The number of hydrazine groups is 1. The molecule has 0 aromatic heterocycles. The van der Waals surface area contributed by atoms with E-state index in [0.717, 1.165) is 6.42 Å². The van der Waals surface area contributed by atoms with Crippen LogP contribution in [-0.2, 0) is 4.74 Å². The number of likely N-dealkylation sites (tertiary alicyclic amines) is 1. The molecule has 1 unspecified atom stereocenters. The van der Waals surface area contributed by atoms with E-state index in [1.165, 1.54) is 18.2 Å². The second-order valence-electron chi connectivity index (χ2n) is 4.53. The lowest BCUT2D eigenvalue weighted by Gasteiger charge is -2.18. The number of amides is 1. The summed E-state index contributed by atoms with van der Waals surface area (Å²) in [7, 11) is 1.60. The van der Waals surface area contributed by atoms with Crippen LogP contribution in [-0.4, -0.2) is 42.0 Å². The fraction of sp³-hybridized carbons (Fsp3) is 0.417. The lowest BCUT2D eigenvalue weighted by Crippen LogP contribution is -2.31. The summed E-state index contributed by atoms with van der Waals surface area (Å²) in [6.07, 6.45) is 0.759. The summed E-state index contributed by atoms with van der Waals surface area (Å²) in [6.45, 7) is 1.03. The molecule has 3 N–H and O–H groups in total. The predicted molar refractivity (Wildman–Crippen MR) is 72.2 cm³/mol. The van der Waals surface area contributed by atoms with Crippen LogP contribution in [0.1, 0.15) is 16.8 Å². The summed E-state index contributed by atoms with van der Waals surface area (Å²) >= 11 is 0. The van der Waals surface area contributed by atoms with Crippen LogP contribution < -0.4 is 11.3 Å². The van der Waals surface area contributed by atoms with Crippen molar-refractivity contribution in [3.8, 4) is 0 Å². The maximum Gasteiger partial charge on any atom is 0.270 e. The van der Waals surface area contributed by atoms with Gasteiger partial charge in [-0.15, -0.1) is 0 Å². The van der Waals surface area contributed by atoms with Crippen LogP contribution in [0, 0.1) is 10.1 Å². The molecule has 1 aliphatic heterocycles. The van der Waals surface area contributed by atoms with E-state index >= 15 is 0 Å². The normalized spacial score (nSPS) is 18.1. The standard InChI is InChI=1S/C12H16N4O4/c1-20-9-4-5-15(7-9)12(17)10-6-8(16(18)19)2-3-11(10)14-13/h2-3,6,9,14H,4-5,7,13H2,1H3. The van der Waals surface area contributed by atoms with Gasteiger partial charge < -0.3 is 15.1 Å². The van der Waals surface area contributed by atoms with E-state index in [9.17, 15) is 14.9 Å². The van der Waals surface area contributed by atoms with Crippen molar-refractivity contribution in [1.82, 2.24) is 4.90 Å². The Labute approximate surface area is 115 Å². The smallest absolute Gasteiger partial charge is 0.270 e. The van der Waals surface area contributed by atoms with E-state index < -0.39 is 4.92 Å².